The van der Waals surface area contributed by atoms with E-state index in [1.165, 1.54) is 0 Å². The Morgan fingerprint density at radius 1 is 1.26 bits per heavy atom. The highest BCUT2D eigenvalue weighted by atomic mass is 28.4. The van der Waals surface area contributed by atoms with E-state index in [0.29, 0.717) is 18.8 Å². The highest BCUT2D eigenvalue weighted by Gasteiger charge is 2.37. The maximum atomic E-state index is 7.28. The minimum Gasteiger partial charge on any atom is -0.411 e. The molecule has 2 aromatic rings. The SMILES string of the molecule is [C-]#[N+]c1ccccc1Cn1cncc1CO[Si](C)(C)C(C)(C)C. The normalized spacial score (nSPS) is 12.2. The van der Waals surface area contributed by atoms with E-state index in [4.69, 9.17) is 11.0 Å². The molecule has 0 fully saturated rings. The van der Waals surface area contributed by atoms with Crippen LogP contribution in [0.1, 0.15) is 32.0 Å². The Morgan fingerprint density at radius 2 is 1.96 bits per heavy atom. The molecule has 0 bridgehead atoms. The Balaban J connectivity index is 2.13. The summed E-state index contributed by atoms with van der Waals surface area (Å²) in [6.07, 6.45) is 3.67. The molecular weight excluding hydrogens is 302 g/mol. The molecule has 0 unspecified atom stereocenters. The molecule has 0 atom stereocenters. The molecule has 0 saturated carbocycles. The molecule has 2 rings (SSSR count). The van der Waals surface area contributed by atoms with Crippen LogP contribution in [0.5, 0.6) is 0 Å². The quantitative estimate of drug-likeness (QED) is 0.571. The number of benzene rings is 1. The summed E-state index contributed by atoms with van der Waals surface area (Å²) in [5, 5.41) is 0.189. The molecule has 0 aliphatic heterocycles. The molecule has 1 aromatic carbocycles. The minimum absolute atomic E-state index is 0.189. The van der Waals surface area contributed by atoms with E-state index in [1.807, 2.05) is 36.8 Å². The molecule has 0 N–H and O–H groups in total. The van der Waals surface area contributed by atoms with Crippen LogP contribution in [-0.4, -0.2) is 17.9 Å². The summed E-state index contributed by atoms with van der Waals surface area (Å²) in [5.41, 5.74) is 2.75. The van der Waals surface area contributed by atoms with Crippen molar-refractivity contribution < 1.29 is 4.43 Å². The van der Waals surface area contributed by atoms with Gasteiger partial charge in [0.1, 0.15) is 0 Å². The third kappa shape index (κ3) is 4.09. The first-order valence-corrected chi connectivity index (χ1v) is 10.7. The van der Waals surface area contributed by atoms with Gasteiger partial charge in [-0.1, -0.05) is 45.0 Å². The van der Waals surface area contributed by atoms with E-state index in [2.05, 4.69) is 48.3 Å². The zero-order valence-electron chi connectivity index (χ0n) is 14.6. The topological polar surface area (TPSA) is 31.4 Å². The molecule has 0 aliphatic rings. The van der Waals surface area contributed by atoms with Crippen LogP contribution in [0, 0.1) is 6.57 Å². The molecule has 122 valence electrons. The van der Waals surface area contributed by atoms with Crippen LogP contribution in [-0.2, 0) is 17.6 Å². The van der Waals surface area contributed by atoms with E-state index < -0.39 is 8.32 Å². The van der Waals surface area contributed by atoms with Gasteiger partial charge in [-0.2, -0.15) is 0 Å². The van der Waals surface area contributed by atoms with Crippen molar-refractivity contribution in [2.75, 3.05) is 0 Å². The highest BCUT2D eigenvalue weighted by Crippen LogP contribution is 2.37. The van der Waals surface area contributed by atoms with Crippen molar-refractivity contribution in [3.8, 4) is 0 Å². The predicted molar refractivity (Wildman–Crippen MR) is 96.0 cm³/mol. The third-order valence-corrected chi connectivity index (χ3v) is 9.12. The fraction of sp³-hybridized carbons (Fsp3) is 0.444. The Bertz CT molecular complexity index is 708. The lowest BCUT2D eigenvalue weighted by Gasteiger charge is -2.36. The van der Waals surface area contributed by atoms with E-state index in [0.717, 1.165) is 11.3 Å². The van der Waals surface area contributed by atoms with Crippen LogP contribution in [0.4, 0.5) is 5.69 Å². The van der Waals surface area contributed by atoms with Crippen molar-refractivity contribution in [1.29, 1.82) is 0 Å². The minimum atomic E-state index is -1.78. The maximum Gasteiger partial charge on any atom is 0.192 e. The molecule has 0 aliphatic carbocycles. The van der Waals surface area contributed by atoms with E-state index in [1.54, 1.807) is 0 Å². The first-order chi connectivity index (χ1) is 10.7. The Labute approximate surface area is 140 Å². The third-order valence-electron chi connectivity index (χ3n) is 4.64. The Morgan fingerprint density at radius 3 is 2.61 bits per heavy atom. The number of nitrogens with zero attached hydrogens (tertiary/aromatic N) is 3. The number of para-hydroxylation sites is 1. The van der Waals surface area contributed by atoms with Gasteiger partial charge in [0.05, 0.1) is 31.4 Å². The van der Waals surface area contributed by atoms with Crippen molar-refractivity contribution >= 4 is 14.0 Å². The summed E-state index contributed by atoms with van der Waals surface area (Å²) < 4.78 is 8.36. The van der Waals surface area contributed by atoms with Gasteiger partial charge >= 0.3 is 0 Å². The summed E-state index contributed by atoms with van der Waals surface area (Å²) in [7, 11) is -1.78. The lowest BCUT2D eigenvalue weighted by molar-refractivity contribution is 0.267. The summed E-state index contributed by atoms with van der Waals surface area (Å²) >= 11 is 0. The Hall–Kier alpha value is -1.90. The molecule has 0 amide bonds. The molecule has 5 heteroatoms. The standard InChI is InChI=1S/C18H25N3OSi/c1-18(2,3)23(5,6)22-13-16-11-20-14-21(16)12-15-9-7-8-10-17(15)19-4/h7-11,14H,12-13H2,1-3,5-6H3. The maximum absolute atomic E-state index is 7.28. The highest BCUT2D eigenvalue weighted by molar-refractivity contribution is 6.74. The van der Waals surface area contributed by atoms with E-state index >= 15 is 0 Å². The second kappa shape index (κ2) is 6.69. The second-order valence-corrected chi connectivity index (χ2v) is 12.1. The number of rotatable bonds is 5. The van der Waals surface area contributed by atoms with Crippen molar-refractivity contribution in [3.05, 3.63) is 59.5 Å². The molecule has 1 heterocycles. The zero-order valence-corrected chi connectivity index (χ0v) is 15.6. The van der Waals surface area contributed by atoms with Gasteiger partial charge < -0.3 is 8.99 Å². The van der Waals surface area contributed by atoms with Gasteiger partial charge in [0.2, 0.25) is 0 Å². The molecular formula is C18H25N3OSi. The van der Waals surface area contributed by atoms with Crippen LogP contribution >= 0.6 is 0 Å². The average molecular weight is 328 g/mol. The average Bonchev–Trinajstić information content (AvgIpc) is 2.92. The van der Waals surface area contributed by atoms with E-state index in [-0.39, 0.29) is 5.04 Å². The van der Waals surface area contributed by atoms with Crippen molar-refractivity contribution in [3.63, 3.8) is 0 Å². The first kappa shape index (κ1) is 17.5. The van der Waals surface area contributed by atoms with Gasteiger partial charge in [-0.15, -0.1) is 0 Å². The number of imidazole rings is 1. The van der Waals surface area contributed by atoms with Crippen molar-refractivity contribution in [2.24, 2.45) is 0 Å². The Kier molecular flexibility index (Phi) is 5.08. The molecule has 0 saturated heterocycles. The molecule has 0 spiro atoms. The molecule has 0 radical (unpaired) electrons. The number of aromatic nitrogens is 2. The zero-order chi connectivity index (χ0) is 17.1. The number of hydrogen-bond donors (Lipinski definition) is 0. The van der Waals surface area contributed by atoms with Gasteiger partial charge in [0.15, 0.2) is 14.0 Å². The molecule has 23 heavy (non-hydrogen) atoms. The predicted octanol–water partition coefficient (Wildman–Crippen LogP) is 5.00. The summed E-state index contributed by atoms with van der Waals surface area (Å²) in [6, 6.07) is 7.70. The first-order valence-electron chi connectivity index (χ1n) is 7.83. The van der Waals surface area contributed by atoms with Gasteiger partial charge in [0.25, 0.3) is 0 Å². The fourth-order valence-electron chi connectivity index (χ4n) is 2.02. The van der Waals surface area contributed by atoms with Crippen molar-refractivity contribution in [2.45, 2.75) is 52.1 Å². The second-order valence-electron chi connectivity index (χ2n) is 7.30. The lowest BCUT2D eigenvalue weighted by Crippen LogP contribution is -2.40. The van der Waals surface area contributed by atoms with Crippen LogP contribution in [0.2, 0.25) is 18.1 Å². The lowest BCUT2D eigenvalue weighted by atomic mass is 10.2. The van der Waals surface area contributed by atoms with Crippen LogP contribution in [0.3, 0.4) is 0 Å². The summed E-state index contributed by atoms with van der Waals surface area (Å²) in [4.78, 5) is 7.85. The molecule has 4 nitrogen and oxygen atoms in total. The monoisotopic (exact) mass is 327 g/mol. The molecule has 1 aromatic heterocycles. The van der Waals surface area contributed by atoms with Gasteiger partial charge in [-0.25, -0.2) is 9.83 Å². The van der Waals surface area contributed by atoms with Crippen LogP contribution in [0.25, 0.3) is 4.85 Å². The van der Waals surface area contributed by atoms with Crippen molar-refractivity contribution in [1.82, 2.24) is 9.55 Å². The summed E-state index contributed by atoms with van der Waals surface area (Å²) in [5.74, 6) is 0. The van der Waals surface area contributed by atoms with Gasteiger partial charge in [-0.3, -0.25) is 0 Å². The largest absolute Gasteiger partial charge is 0.411 e. The summed E-state index contributed by atoms with van der Waals surface area (Å²) in [6.45, 7) is 19.7. The van der Waals surface area contributed by atoms with Crippen LogP contribution in [0.15, 0.2) is 36.8 Å². The van der Waals surface area contributed by atoms with Gasteiger partial charge in [0, 0.05) is 6.54 Å². The van der Waals surface area contributed by atoms with Gasteiger partial charge in [-0.05, 0) is 23.7 Å². The van der Waals surface area contributed by atoms with E-state index in [9.17, 15) is 0 Å². The smallest absolute Gasteiger partial charge is 0.192 e. The van der Waals surface area contributed by atoms with Crippen LogP contribution < -0.4 is 0 Å². The fourth-order valence-corrected chi connectivity index (χ4v) is 2.96. The number of hydrogen-bond acceptors (Lipinski definition) is 2.